The minimum atomic E-state index is -4.93. The van der Waals surface area contributed by atoms with Crippen LogP contribution in [-0.4, -0.2) is 19.4 Å². The van der Waals surface area contributed by atoms with Gasteiger partial charge in [0.15, 0.2) is 0 Å². The van der Waals surface area contributed by atoms with Gasteiger partial charge in [-0.15, -0.1) is 13.2 Å². The fraction of sp³-hybridized carbons (Fsp3) is 0.167. The van der Waals surface area contributed by atoms with Crippen molar-refractivity contribution in [2.24, 2.45) is 0 Å². The molecule has 4 nitrogen and oxygen atoms in total. The van der Waals surface area contributed by atoms with Gasteiger partial charge >= 0.3 is 12.3 Å². The van der Waals surface area contributed by atoms with Crippen LogP contribution >= 0.6 is 0 Å². The minimum Gasteiger partial charge on any atom is -0.465 e. The largest absolute Gasteiger partial charge is 0.573 e. The van der Waals surface area contributed by atoms with Gasteiger partial charge in [0.05, 0.1) is 13.2 Å². The van der Waals surface area contributed by atoms with Gasteiger partial charge in [0.2, 0.25) is 0 Å². The number of carbonyl (C=O) groups is 1. The molecular weight excluding hydrogens is 263 g/mol. The molecule has 0 saturated heterocycles. The molecule has 0 spiro atoms. The minimum absolute atomic E-state index is 0.0927. The van der Waals surface area contributed by atoms with Crippen molar-refractivity contribution in [3.63, 3.8) is 0 Å². The normalized spacial score (nSPS) is 11.1. The number of halogens is 3. The highest BCUT2D eigenvalue weighted by molar-refractivity contribution is 5.96. The molecule has 0 aromatic heterocycles. The van der Waals surface area contributed by atoms with Gasteiger partial charge in [-0.05, 0) is 17.7 Å². The van der Waals surface area contributed by atoms with E-state index in [9.17, 15) is 18.0 Å². The molecule has 7 heteroatoms. The Bertz CT molecular complexity index is 544. The highest BCUT2D eigenvalue weighted by Gasteiger charge is 2.33. The molecular formula is C12H8F3NO3. The predicted molar refractivity (Wildman–Crippen MR) is 59.1 cm³/mol. The van der Waals surface area contributed by atoms with E-state index < -0.39 is 23.6 Å². The number of rotatable bonds is 3. The second kappa shape index (κ2) is 5.91. The number of methoxy groups -OCH3 is 1. The van der Waals surface area contributed by atoms with Gasteiger partial charge in [0, 0.05) is 6.08 Å². The Morgan fingerprint density at radius 3 is 2.63 bits per heavy atom. The average molecular weight is 271 g/mol. The summed E-state index contributed by atoms with van der Waals surface area (Å²) in [5.41, 5.74) is -0.302. The van der Waals surface area contributed by atoms with Crippen LogP contribution in [0.3, 0.4) is 0 Å². The maximum atomic E-state index is 12.2. The molecule has 0 aliphatic rings. The van der Waals surface area contributed by atoms with Crippen LogP contribution in [0.1, 0.15) is 15.9 Å². The number of hydrogen-bond acceptors (Lipinski definition) is 4. The molecule has 0 fully saturated rings. The molecule has 0 bridgehead atoms. The predicted octanol–water partition coefficient (Wildman–Crippen LogP) is 2.91. The van der Waals surface area contributed by atoms with Gasteiger partial charge in [-0.25, -0.2) is 4.79 Å². The van der Waals surface area contributed by atoms with Gasteiger partial charge in [-0.1, -0.05) is 12.1 Å². The van der Waals surface area contributed by atoms with E-state index in [1.165, 1.54) is 18.2 Å². The van der Waals surface area contributed by atoms with Crippen LogP contribution in [0.25, 0.3) is 6.08 Å². The van der Waals surface area contributed by atoms with E-state index in [1.807, 2.05) is 0 Å². The number of hydrogen-bond donors (Lipinski definition) is 0. The second-order valence-electron chi connectivity index (χ2n) is 3.22. The van der Waals surface area contributed by atoms with E-state index in [0.717, 1.165) is 19.3 Å². The van der Waals surface area contributed by atoms with Crippen molar-refractivity contribution in [3.05, 3.63) is 35.4 Å². The maximum absolute atomic E-state index is 12.2. The van der Waals surface area contributed by atoms with E-state index in [1.54, 1.807) is 6.07 Å². The first-order valence-electron chi connectivity index (χ1n) is 4.92. The Morgan fingerprint density at radius 1 is 1.42 bits per heavy atom. The van der Waals surface area contributed by atoms with Crippen LogP contribution in [0.4, 0.5) is 13.2 Å². The van der Waals surface area contributed by atoms with Crippen molar-refractivity contribution >= 4 is 12.0 Å². The Balaban J connectivity index is 3.35. The molecule has 1 aromatic rings. The fourth-order valence-corrected chi connectivity index (χ4v) is 1.34. The smallest absolute Gasteiger partial charge is 0.465 e. The average Bonchev–Trinajstić information content (AvgIpc) is 2.33. The lowest BCUT2D eigenvalue weighted by Crippen LogP contribution is -2.19. The Labute approximate surface area is 106 Å². The lowest BCUT2D eigenvalue weighted by Gasteiger charge is -2.13. The van der Waals surface area contributed by atoms with E-state index in [2.05, 4.69) is 9.47 Å². The van der Waals surface area contributed by atoms with E-state index >= 15 is 0 Å². The number of alkyl halides is 3. The van der Waals surface area contributed by atoms with Crippen LogP contribution < -0.4 is 4.74 Å². The summed E-state index contributed by atoms with van der Waals surface area (Å²) in [7, 11) is 1.03. The first kappa shape index (κ1) is 14.6. The number of nitrogens with zero attached hydrogens (tertiary/aromatic N) is 1. The molecule has 0 aliphatic carbocycles. The van der Waals surface area contributed by atoms with Crippen molar-refractivity contribution in [2.45, 2.75) is 6.36 Å². The Kier molecular flexibility index (Phi) is 4.53. The number of esters is 1. The summed E-state index contributed by atoms with van der Waals surface area (Å²) in [6, 6.07) is 5.29. The fourth-order valence-electron chi connectivity index (χ4n) is 1.34. The van der Waals surface area contributed by atoms with Crippen molar-refractivity contribution in [1.29, 1.82) is 5.26 Å². The highest BCUT2D eigenvalue weighted by atomic mass is 19.4. The zero-order chi connectivity index (χ0) is 14.5. The van der Waals surface area contributed by atoms with Crippen molar-refractivity contribution in [1.82, 2.24) is 0 Å². The molecule has 0 atom stereocenters. The number of benzene rings is 1. The molecule has 0 radical (unpaired) electrons. The number of allylic oxidation sites excluding steroid dienone is 1. The van der Waals surface area contributed by atoms with Gasteiger partial charge < -0.3 is 9.47 Å². The van der Waals surface area contributed by atoms with Gasteiger partial charge in [0.1, 0.15) is 11.3 Å². The molecule has 100 valence electrons. The zero-order valence-corrected chi connectivity index (χ0v) is 9.69. The van der Waals surface area contributed by atoms with Gasteiger partial charge in [-0.2, -0.15) is 5.26 Å². The van der Waals surface area contributed by atoms with E-state index in [4.69, 9.17) is 5.26 Å². The molecule has 19 heavy (non-hydrogen) atoms. The van der Waals surface area contributed by atoms with E-state index in [0.29, 0.717) is 0 Å². The van der Waals surface area contributed by atoms with Gasteiger partial charge in [-0.3, -0.25) is 0 Å². The first-order chi connectivity index (χ1) is 8.89. The summed E-state index contributed by atoms with van der Waals surface area (Å²) < 4.78 is 44.9. The quantitative estimate of drug-likeness (QED) is 0.626. The number of nitriles is 1. The molecule has 0 amide bonds. The SMILES string of the molecule is COC(=O)c1c(/C=C/C#N)cccc1OC(F)(F)F. The van der Waals surface area contributed by atoms with Crippen molar-refractivity contribution in [3.8, 4) is 11.8 Å². The summed E-state index contributed by atoms with van der Waals surface area (Å²) in [6.45, 7) is 0. The highest BCUT2D eigenvalue weighted by Crippen LogP contribution is 2.29. The van der Waals surface area contributed by atoms with Crippen LogP contribution in [-0.2, 0) is 4.74 Å². The van der Waals surface area contributed by atoms with Crippen molar-refractivity contribution < 1.29 is 27.4 Å². The Morgan fingerprint density at radius 2 is 2.11 bits per heavy atom. The lowest BCUT2D eigenvalue weighted by molar-refractivity contribution is -0.274. The number of carbonyl (C=O) groups excluding carboxylic acids is 1. The van der Waals surface area contributed by atoms with Crippen molar-refractivity contribution in [2.75, 3.05) is 7.11 Å². The van der Waals surface area contributed by atoms with Crippen LogP contribution in [0, 0.1) is 11.3 Å². The number of ether oxygens (including phenoxy) is 2. The molecule has 0 unspecified atom stereocenters. The summed E-state index contributed by atoms with van der Waals surface area (Å²) in [6.07, 6.45) is -2.71. The summed E-state index contributed by atoms with van der Waals surface area (Å²) in [5.74, 6) is -1.67. The summed E-state index contributed by atoms with van der Waals surface area (Å²) >= 11 is 0. The van der Waals surface area contributed by atoms with Crippen LogP contribution in [0.15, 0.2) is 24.3 Å². The Hall–Kier alpha value is -2.49. The third-order valence-electron chi connectivity index (χ3n) is 2.01. The second-order valence-corrected chi connectivity index (χ2v) is 3.22. The third-order valence-corrected chi connectivity index (χ3v) is 2.01. The molecule has 0 aliphatic heterocycles. The zero-order valence-electron chi connectivity index (χ0n) is 9.69. The van der Waals surface area contributed by atoms with Crippen LogP contribution in [0.2, 0.25) is 0 Å². The molecule has 1 aromatic carbocycles. The summed E-state index contributed by atoms with van der Waals surface area (Å²) in [5, 5.41) is 8.41. The lowest BCUT2D eigenvalue weighted by atomic mass is 10.1. The van der Waals surface area contributed by atoms with Crippen LogP contribution in [0.5, 0.6) is 5.75 Å². The third kappa shape index (κ3) is 4.03. The standard InChI is InChI=1S/C12H8F3NO3/c1-18-11(17)10-8(5-3-7-16)4-2-6-9(10)19-12(13,14)15/h2-6H,1H3/b5-3+. The molecule has 0 saturated carbocycles. The molecule has 0 N–H and O–H groups in total. The van der Waals surface area contributed by atoms with Gasteiger partial charge in [0.25, 0.3) is 0 Å². The molecule has 1 rings (SSSR count). The topological polar surface area (TPSA) is 59.3 Å². The monoisotopic (exact) mass is 271 g/mol. The maximum Gasteiger partial charge on any atom is 0.573 e. The van der Waals surface area contributed by atoms with E-state index in [-0.39, 0.29) is 5.56 Å². The summed E-state index contributed by atoms with van der Waals surface area (Å²) in [4.78, 5) is 11.5. The molecule has 0 heterocycles. The first-order valence-corrected chi connectivity index (χ1v) is 4.92.